The summed E-state index contributed by atoms with van der Waals surface area (Å²) in [6, 6.07) is -0.470. The molecule has 1 fully saturated rings. The van der Waals surface area contributed by atoms with E-state index in [0.29, 0.717) is 34.5 Å². The molecule has 0 aromatic carbocycles. The lowest BCUT2D eigenvalue weighted by molar-refractivity contribution is -0.143. The summed E-state index contributed by atoms with van der Waals surface area (Å²) in [5.74, 6) is -1.87. The number of nitrogens with one attached hydrogen (secondary N) is 4. The van der Waals surface area contributed by atoms with Crippen molar-refractivity contribution in [2.24, 2.45) is 23.7 Å². The van der Waals surface area contributed by atoms with Gasteiger partial charge >= 0.3 is 11.9 Å². The Balaban J connectivity index is 1.37. The number of H-pyrrole nitrogens is 3. The first kappa shape index (κ1) is 43.3. The average Bonchev–Trinajstić information content (AvgIpc) is 3.97. The molecule has 10 heteroatoms. The molecule has 6 rings (SSSR count). The van der Waals surface area contributed by atoms with E-state index in [1.165, 1.54) is 44.8 Å². The van der Waals surface area contributed by atoms with E-state index in [2.05, 4.69) is 60.6 Å². The summed E-state index contributed by atoms with van der Waals surface area (Å²) in [4.78, 5) is 52.0. The maximum atomic E-state index is 14.4. The molecule has 3 aromatic rings. The lowest BCUT2D eigenvalue weighted by atomic mass is 9.80. The molecule has 0 amide bonds. The van der Waals surface area contributed by atoms with Crippen LogP contribution >= 0.6 is 0 Å². The van der Waals surface area contributed by atoms with Crippen LogP contribution in [0.2, 0.25) is 0 Å². The van der Waals surface area contributed by atoms with E-state index >= 15 is 0 Å². The second-order valence-corrected chi connectivity index (χ2v) is 16.9. The minimum absolute atomic E-state index is 0.0856. The molecule has 1 saturated heterocycles. The largest absolute Gasteiger partial charge is 0.515 e. The predicted molar refractivity (Wildman–Crippen MR) is 236 cm³/mol. The number of carbonyl (C=O) groups excluding carboxylic acids is 3. The van der Waals surface area contributed by atoms with Gasteiger partial charge in [0.15, 0.2) is 5.78 Å². The van der Waals surface area contributed by atoms with E-state index in [0.717, 1.165) is 80.8 Å². The predicted octanol–water partition coefficient (Wildman–Crippen LogP) is 6.82. The molecular weight excluding hydrogens is 741 g/mol. The molecule has 2 aliphatic heterocycles. The first-order valence-electron chi connectivity index (χ1n) is 21.6. The van der Waals surface area contributed by atoms with Gasteiger partial charge < -0.3 is 34.8 Å². The highest BCUT2D eigenvalue weighted by molar-refractivity contribution is 6.19. The van der Waals surface area contributed by atoms with Gasteiger partial charge in [0, 0.05) is 56.8 Å². The van der Waals surface area contributed by atoms with Gasteiger partial charge in [0.2, 0.25) is 0 Å². The lowest BCUT2D eigenvalue weighted by Gasteiger charge is -2.25. The number of aromatic nitrogens is 3. The van der Waals surface area contributed by atoms with E-state index < -0.39 is 17.9 Å². The molecule has 8 bridgehead atoms. The van der Waals surface area contributed by atoms with Gasteiger partial charge in [-0.25, -0.2) is 0 Å². The Labute approximate surface area is 348 Å². The van der Waals surface area contributed by atoms with Gasteiger partial charge in [-0.05, 0) is 105 Å². The molecule has 0 spiro atoms. The van der Waals surface area contributed by atoms with Crippen LogP contribution in [0.15, 0.2) is 23.9 Å². The fourth-order valence-electron chi connectivity index (χ4n) is 9.57. The first-order chi connectivity index (χ1) is 28.4. The molecule has 5 heterocycles. The minimum atomic E-state index is -1.14. The fourth-order valence-corrected chi connectivity index (χ4v) is 9.57. The summed E-state index contributed by atoms with van der Waals surface area (Å²) in [5, 5.41) is 17.0. The molecule has 0 saturated carbocycles. The summed E-state index contributed by atoms with van der Waals surface area (Å²) >= 11 is 0. The number of Topliss-reactive ketones (excluding diaryl/α,β-unsaturated/α-hetero) is 1. The van der Waals surface area contributed by atoms with E-state index in [1.807, 2.05) is 45.1 Å². The standard InChI is InChI=1S/C49H64N4O6/c1-10-13-14-16-27(4)17-15-18-28(5)21-22-59-42(55)20-19-34-30(7)37-23-36-29(6)32(11-2)39(50-36)25-41-35(26-54)33(12-3)40(51-41)24-38-31(8)43-47(53-38)44(46(34)52-37)45(48(43)56)49(57)58-9/h11,21,23-27,30,34,45-46,50-54H,2,10,12-20,22H2,1,3-9H3/b28-21+,35-26-,37-23-,38-24-,41-25-/t27-,30+,34+,45-,46?/m1/s1. The van der Waals surface area contributed by atoms with Crippen LogP contribution in [0.1, 0.15) is 142 Å². The van der Waals surface area contributed by atoms with Crippen LogP contribution in [-0.2, 0) is 25.5 Å². The second kappa shape index (κ2) is 18.8. The minimum Gasteiger partial charge on any atom is -0.515 e. The van der Waals surface area contributed by atoms with Crippen LogP contribution in [0.3, 0.4) is 0 Å². The summed E-state index contributed by atoms with van der Waals surface area (Å²) < 4.78 is 11.0. The Morgan fingerprint density at radius 3 is 2.41 bits per heavy atom. The van der Waals surface area contributed by atoms with Gasteiger partial charge in [0.25, 0.3) is 0 Å². The monoisotopic (exact) mass is 804 g/mol. The van der Waals surface area contributed by atoms with Crippen molar-refractivity contribution < 1.29 is 29.0 Å². The van der Waals surface area contributed by atoms with Crippen molar-refractivity contribution in [1.82, 2.24) is 20.3 Å². The van der Waals surface area contributed by atoms with Crippen molar-refractivity contribution in [1.29, 1.82) is 0 Å². The van der Waals surface area contributed by atoms with E-state index in [4.69, 9.17) is 9.47 Å². The molecule has 1 unspecified atom stereocenters. The maximum absolute atomic E-state index is 14.4. The number of aliphatic hydroxyl groups excluding tert-OH is 1. The molecule has 0 radical (unpaired) electrons. The third-order valence-corrected chi connectivity index (χ3v) is 13.1. The molecule has 5 N–H and O–H groups in total. The number of methoxy groups -OCH3 is 1. The average molecular weight is 805 g/mol. The molecule has 316 valence electrons. The topological polar surface area (TPSA) is 149 Å². The number of carbonyl (C=O) groups is 3. The zero-order chi connectivity index (χ0) is 42.5. The van der Waals surface area contributed by atoms with Crippen LogP contribution in [0, 0.1) is 37.5 Å². The first-order valence-corrected chi connectivity index (χ1v) is 21.6. The van der Waals surface area contributed by atoms with Crippen molar-refractivity contribution in [3.8, 4) is 0 Å². The van der Waals surface area contributed by atoms with Crippen molar-refractivity contribution in [3.05, 3.63) is 90.1 Å². The molecule has 5 atom stereocenters. The van der Waals surface area contributed by atoms with Crippen molar-refractivity contribution >= 4 is 53.9 Å². The van der Waals surface area contributed by atoms with E-state index in [-0.39, 0.29) is 36.6 Å². The summed E-state index contributed by atoms with van der Waals surface area (Å²) in [6.07, 6.45) is 20.8. The highest BCUT2D eigenvalue weighted by atomic mass is 16.5. The third kappa shape index (κ3) is 8.73. The number of aromatic amines is 3. The Bertz CT molecular complexity index is 2420. The zero-order valence-electron chi connectivity index (χ0n) is 36.3. The number of hydrogen-bond donors (Lipinski definition) is 5. The highest BCUT2D eigenvalue weighted by Gasteiger charge is 2.49. The number of rotatable bonds is 16. The Kier molecular flexibility index (Phi) is 13.8. The number of allylic oxidation sites excluding steroid dienone is 2. The number of esters is 2. The zero-order valence-corrected chi connectivity index (χ0v) is 36.3. The Morgan fingerprint density at radius 2 is 1.71 bits per heavy atom. The Hall–Kier alpha value is -5.25. The van der Waals surface area contributed by atoms with Gasteiger partial charge in [-0.1, -0.05) is 78.0 Å². The number of ketones is 1. The van der Waals surface area contributed by atoms with Crippen molar-refractivity contribution in [2.75, 3.05) is 13.7 Å². The second-order valence-electron chi connectivity index (χ2n) is 16.9. The van der Waals surface area contributed by atoms with Gasteiger partial charge in [0.1, 0.15) is 12.5 Å². The van der Waals surface area contributed by atoms with Crippen LogP contribution in [0.4, 0.5) is 0 Å². The normalized spacial score (nSPS) is 22.5. The number of fused-ring (bicyclic) bond motifs is 8. The van der Waals surface area contributed by atoms with E-state index in [9.17, 15) is 19.5 Å². The van der Waals surface area contributed by atoms with Crippen LogP contribution < -0.4 is 26.6 Å². The summed E-state index contributed by atoms with van der Waals surface area (Å²) in [5.41, 5.74) is 9.30. The van der Waals surface area contributed by atoms with Gasteiger partial charge in [0.05, 0.1) is 30.1 Å². The SMILES string of the molecule is C=Cc1c2[nH]c(c1C)/C=C1\NC(C3=c4[nH]/c(c(C)c4C(=O)[C@@H]3C(=O)OC)=C\c3[nH]c(/c(=C\O)c3CC)=C\2)[C@@H](CCC(=O)OC/C=C(\C)CCC[C@H](C)CCCCC)[C@@H]1C. The quantitative estimate of drug-likeness (QED) is 0.0462. The molecule has 59 heavy (non-hydrogen) atoms. The third-order valence-electron chi connectivity index (χ3n) is 13.1. The molecule has 10 nitrogen and oxygen atoms in total. The summed E-state index contributed by atoms with van der Waals surface area (Å²) in [7, 11) is 1.31. The number of hydrogen-bond acceptors (Lipinski definition) is 7. The lowest BCUT2D eigenvalue weighted by Crippen LogP contribution is -2.38. The van der Waals surface area contributed by atoms with Crippen LogP contribution in [0.5, 0.6) is 0 Å². The molecule has 3 aliphatic rings. The van der Waals surface area contributed by atoms with Crippen molar-refractivity contribution in [2.45, 2.75) is 119 Å². The fraction of sp³-hybridized carbons (Fsp3) is 0.490. The number of unbranched alkanes of at least 4 members (excludes halogenated alkanes) is 2. The van der Waals surface area contributed by atoms with Crippen LogP contribution in [-0.4, -0.2) is 57.5 Å². The molecule has 3 aromatic heterocycles. The molecule has 1 aliphatic carbocycles. The Morgan fingerprint density at radius 1 is 0.966 bits per heavy atom. The smallest absolute Gasteiger partial charge is 0.320 e. The van der Waals surface area contributed by atoms with Crippen molar-refractivity contribution in [3.63, 3.8) is 0 Å². The van der Waals surface area contributed by atoms with E-state index in [1.54, 1.807) is 0 Å². The highest BCUT2D eigenvalue weighted by Crippen LogP contribution is 2.42. The number of aliphatic hydroxyl groups is 1. The molecular formula is C49H64N4O6. The summed E-state index contributed by atoms with van der Waals surface area (Å²) in [6.45, 7) is 19.1. The van der Waals surface area contributed by atoms with Gasteiger partial charge in [-0.15, -0.1) is 0 Å². The van der Waals surface area contributed by atoms with Gasteiger partial charge in [-0.3, -0.25) is 14.4 Å². The van der Waals surface area contributed by atoms with Gasteiger partial charge in [-0.2, -0.15) is 0 Å². The van der Waals surface area contributed by atoms with Crippen LogP contribution in [0.25, 0.3) is 36.1 Å². The maximum Gasteiger partial charge on any atom is 0.320 e. The number of ether oxygens (including phenoxy) is 2.